The molecular weight excluding hydrogens is 226 g/mol. The van der Waals surface area contributed by atoms with E-state index in [4.69, 9.17) is 5.73 Å². The van der Waals surface area contributed by atoms with Gasteiger partial charge in [0.1, 0.15) is 0 Å². The molecule has 0 aromatic carbocycles. The lowest BCUT2D eigenvalue weighted by molar-refractivity contribution is -0.125. The standard InChI is InChI=1S/C14H14N3O/c15-13(18)14(16-9-5-1-2-6-10-16)17-11-7-3-4-8-12-17/h1-12,14-15H. The van der Waals surface area contributed by atoms with Gasteiger partial charge < -0.3 is 9.80 Å². The molecule has 0 spiro atoms. The molecule has 0 saturated heterocycles. The van der Waals surface area contributed by atoms with Crippen molar-refractivity contribution in [3.8, 4) is 0 Å². The summed E-state index contributed by atoms with van der Waals surface area (Å²) in [4.78, 5) is 15.0. The zero-order chi connectivity index (χ0) is 12.8. The van der Waals surface area contributed by atoms with Crippen LogP contribution in [0.3, 0.4) is 0 Å². The Labute approximate surface area is 106 Å². The van der Waals surface area contributed by atoms with Gasteiger partial charge in [0.15, 0.2) is 6.17 Å². The summed E-state index contributed by atoms with van der Waals surface area (Å²) in [6.07, 6.45) is 21.2. The van der Waals surface area contributed by atoms with E-state index in [1.165, 1.54) is 0 Å². The first-order chi connectivity index (χ1) is 8.79. The summed E-state index contributed by atoms with van der Waals surface area (Å²) in [6.45, 7) is 0. The van der Waals surface area contributed by atoms with E-state index in [0.29, 0.717) is 0 Å². The third kappa shape index (κ3) is 2.79. The first-order valence-corrected chi connectivity index (χ1v) is 5.63. The summed E-state index contributed by atoms with van der Waals surface area (Å²) in [6, 6.07) is 0. The van der Waals surface area contributed by atoms with E-state index in [1.807, 2.05) is 48.6 Å². The highest BCUT2D eigenvalue weighted by atomic mass is 16.1. The third-order valence-electron chi connectivity index (χ3n) is 2.50. The molecule has 4 nitrogen and oxygen atoms in total. The van der Waals surface area contributed by atoms with Crippen molar-refractivity contribution in [2.45, 2.75) is 6.17 Å². The SMILES string of the molecule is [NH]C(=O)C(N1C=CC=CC=C1)N1C=CC=CC=C1. The highest BCUT2D eigenvalue weighted by Gasteiger charge is 2.25. The van der Waals surface area contributed by atoms with Crippen LogP contribution in [-0.4, -0.2) is 21.9 Å². The molecule has 18 heavy (non-hydrogen) atoms. The Balaban J connectivity index is 2.25. The van der Waals surface area contributed by atoms with E-state index < -0.39 is 12.1 Å². The zero-order valence-electron chi connectivity index (χ0n) is 9.81. The molecule has 1 amide bonds. The second-order valence-corrected chi connectivity index (χ2v) is 3.77. The normalized spacial score (nSPS) is 17.4. The number of hydrogen-bond donors (Lipinski definition) is 0. The molecule has 0 unspecified atom stereocenters. The van der Waals surface area contributed by atoms with E-state index >= 15 is 0 Å². The summed E-state index contributed by atoms with van der Waals surface area (Å²) in [5, 5.41) is 0. The van der Waals surface area contributed by atoms with Gasteiger partial charge in [0.25, 0.3) is 5.91 Å². The van der Waals surface area contributed by atoms with Gasteiger partial charge in [-0.1, -0.05) is 24.3 Å². The molecule has 4 heteroatoms. The van der Waals surface area contributed by atoms with Crippen LogP contribution >= 0.6 is 0 Å². The fraction of sp³-hybridized carbons (Fsp3) is 0.0714. The second-order valence-electron chi connectivity index (χ2n) is 3.77. The van der Waals surface area contributed by atoms with Crippen LogP contribution < -0.4 is 5.73 Å². The van der Waals surface area contributed by atoms with Crippen LogP contribution in [0.5, 0.6) is 0 Å². The van der Waals surface area contributed by atoms with Crippen LogP contribution in [0.25, 0.3) is 0 Å². The Kier molecular flexibility index (Phi) is 3.81. The predicted molar refractivity (Wildman–Crippen MR) is 70.4 cm³/mol. The molecule has 2 aliphatic heterocycles. The number of allylic oxidation sites excluding steroid dienone is 8. The molecule has 0 fully saturated rings. The number of hydrogen-bond acceptors (Lipinski definition) is 3. The molecule has 1 radical (unpaired) electrons. The maximum Gasteiger partial charge on any atom is 0.282 e. The fourth-order valence-electron chi connectivity index (χ4n) is 1.70. The minimum atomic E-state index is -0.690. The average Bonchev–Trinajstić information content (AvgIpc) is 2.74. The van der Waals surface area contributed by atoms with Crippen molar-refractivity contribution in [1.29, 1.82) is 0 Å². The van der Waals surface area contributed by atoms with Gasteiger partial charge in [-0.2, -0.15) is 0 Å². The quantitative estimate of drug-likeness (QED) is 0.757. The van der Waals surface area contributed by atoms with Crippen LogP contribution in [0, 0.1) is 0 Å². The monoisotopic (exact) mass is 240 g/mol. The lowest BCUT2D eigenvalue weighted by Gasteiger charge is -2.31. The molecular formula is C14H14N3O. The second kappa shape index (κ2) is 5.72. The van der Waals surface area contributed by atoms with E-state index in [0.717, 1.165) is 0 Å². The van der Waals surface area contributed by atoms with Gasteiger partial charge in [0, 0.05) is 24.8 Å². The minimum absolute atomic E-state index is 0.664. The highest BCUT2D eigenvalue weighted by Crippen LogP contribution is 2.13. The van der Waals surface area contributed by atoms with Crippen molar-refractivity contribution < 1.29 is 4.79 Å². The topological polar surface area (TPSA) is 47.4 Å². The summed E-state index contributed by atoms with van der Waals surface area (Å²) in [5.74, 6) is -0.664. The van der Waals surface area contributed by atoms with Crippen molar-refractivity contribution in [2.24, 2.45) is 0 Å². The number of rotatable bonds is 3. The van der Waals surface area contributed by atoms with E-state index in [1.54, 1.807) is 34.6 Å². The maximum atomic E-state index is 11.6. The first-order valence-electron chi connectivity index (χ1n) is 5.63. The molecule has 1 N–H and O–H groups in total. The molecule has 2 rings (SSSR count). The number of amides is 1. The van der Waals surface area contributed by atoms with Gasteiger partial charge in [-0.15, -0.1) is 0 Å². The lowest BCUT2D eigenvalue weighted by atomic mass is 10.3. The molecule has 2 aliphatic rings. The van der Waals surface area contributed by atoms with E-state index in [9.17, 15) is 4.79 Å². The molecule has 0 bridgehead atoms. The van der Waals surface area contributed by atoms with Crippen LogP contribution in [0.2, 0.25) is 0 Å². The molecule has 0 saturated carbocycles. The molecule has 91 valence electrons. The van der Waals surface area contributed by atoms with Crippen molar-refractivity contribution in [2.75, 3.05) is 0 Å². The van der Waals surface area contributed by atoms with Gasteiger partial charge >= 0.3 is 0 Å². The summed E-state index contributed by atoms with van der Waals surface area (Å²) >= 11 is 0. The largest absolute Gasteiger partial charge is 0.325 e. The lowest BCUT2D eigenvalue weighted by Crippen LogP contribution is -2.45. The Hall–Kier alpha value is -2.49. The number of carbonyl (C=O) groups excluding carboxylic acids is 1. The van der Waals surface area contributed by atoms with Gasteiger partial charge in [0.2, 0.25) is 0 Å². The van der Waals surface area contributed by atoms with Crippen molar-refractivity contribution >= 4 is 5.91 Å². The number of carbonyl (C=O) groups is 1. The van der Waals surface area contributed by atoms with Crippen LogP contribution in [0.1, 0.15) is 0 Å². The third-order valence-corrected chi connectivity index (χ3v) is 2.50. The number of nitrogens with one attached hydrogen (secondary N) is 1. The molecule has 2 heterocycles. The van der Waals surface area contributed by atoms with Gasteiger partial charge in [0.05, 0.1) is 0 Å². The maximum absolute atomic E-state index is 11.6. The van der Waals surface area contributed by atoms with Crippen LogP contribution in [0.4, 0.5) is 0 Å². The average molecular weight is 240 g/mol. The molecule has 0 atom stereocenters. The van der Waals surface area contributed by atoms with Crippen LogP contribution in [-0.2, 0) is 4.79 Å². The smallest absolute Gasteiger partial charge is 0.282 e. The van der Waals surface area contributed by atoms with Crippen molar-refractivity contribution in [3.63, 3.8) is 0 Å². The minimum Gasteiger partial charge on any atom is -0.325 e. The van der Waals surface area contributed by atoms with Crippen LogP contribution in [0.15, 0.2) is 73.4 Å². The molecule has 0 aromatic heterocycles. The van der Waals surface area contributed by atoms with E-state index in [-0.39, 0.29) is 0 Å². The molecule has 0 aliphatic carbocycles. The Morgan fingerprint density at radius 1 is 0.722 bits per heavy atom. The highest BCUT2D eigenvalue weighted by molar-refractivity contribution is 5.79. The molecule has 0 aromatic rings. The summed E-state index contributed by atoms with van der Waals surface area (Å²) in [5.41, 5.74) is 7.45. The summed E-state index contributed by atoms with van der Waals surface area (Å²) < 4.78 is 0. The number of nitrogens with zero attached hydrogens (tertiary/aromatic N) is 2. The predicted octanol–water partition coefficient (Wildman–Crippen LogP) is 1.92. The van der Waals surface area contributed by atoms with Gasteiger partial charge in [-0.3, -0.25) is 10.5 Å². The van der Waals surface area contributed by atoms with Gasteiger partial charge in [-0.25, -0.2) is 0 Å². The van der Waals surface area contributed by atoms with Gasteiger partial charge in [-0.05, 0) is 24.3 Å². The van der Waals surface area contributed by atoms with Crippen molar-refractivity contribution in [1.82, 2.24) is 15.5 Å². The van der Waals surface area contributed by atoms with E-state index in [2.05, 4.69) is 0 Å². The zero-order valence-corrected chi connectivity index (χ0v) is 9.81. The summed E-state index contributed by atoms with van der Waals surface area (Å²) in [7, 11) is 0. The fourth-order valence-corrected chi connectivity index (χ4v) is 1.70. The Morgan fingerprint density at radius 2 is 1.06 bits per heavy atom. The Morgan fingerprint density at radius 3 is 1.33 bits per heavy atom. The first kappa shape index (κ1) is 12.0. The Bertz CT molecular complexity index is 413. The van der Waals surface area contributed by atoms with Crippen molar-refractivity contribution in [3.05, 3.63) is 73.4 Å².